The molecule has 98 valence electrons. The van der Waals surface area contributed by atoms with E-state index < -0.39 is 0 Å². The molecule has 0 aliphatic heterocycles. The van der Waals surface area contributed by atoms with Gasteiger partial charge in [0.05, 0.1) is 7.11 Å². The summed E-state index contributed by atoms with van der Waals surface area (Å²) >= 11 is 0. The first-order chi connectivity index (χ1) is 8.70. The van der Waals surface area contributed by atoms with Gasteiger partial charge in [0.15, 0.2) is 0 Å². The summed E-state index contributed by atoms with van der Waals surface area (Å²) in [6.45, 7) is 4.96. The van der Waals surface area contributed by atoms with Crippen molar-refractivity contribution in [2.75, 3.05) is 13.7 Å². The minimum absolute atomic E-state index is 0.568. The zero-order chi connectivity index (χ0) is 13.1. The molecule has 0 saturated carbocycles. The Hall–Kier alpha value is -1.28. The van der Waals surface area contributed by atoms with E-state index in [1.165, 1.54) is 53.5 Å². The quantitative estimate of drug-likeness (QED) is 0.887. The number of fused-ring (bicyclic) bond motifs is 1. The van der Waals surface area contributed by atoms with Gasteiger partial charge in [0.25, 0.3) is 0 Å². The van der Waals surface area contributed by atoms with Gasteiger partial charge in [0, 0.05) is 12.1 Å². The van der Waals surface area contributed by atoms with Crippen molar-refractivity contribution in [3.63, 3.8) is 0 Å². The Morgan fingerprint density at radius 3 is 2.28 bits per heavy atom. The predicted octanol–water partition coefficient (Wildman–Crippen LogP) is 3.16. The molecule has 0 unspecified atom stereocenters. The van der Waals surface area contributed by atoms with Gasteiger partial charge in [-0.05, 0) is 61.8 Å². The lowest BCUT2D eigenvalue weighted by Crippen LogP contribution is -2.10. The first-order valence-corrected chi connectivity index (χ1v) is 6.76. The number of methoxy groups -OCH3 is 1. The van der Waals surface area contributed by atoms with Gasteiger partial charge < -0.3 is 10.5 Å². The van der Waals surface area contributed by atoms with Crippen LogP contribution in [0.2, 0.25) is 0 Å². The molecule has 0 amide bonds. The normalized spacial score (nSPS) is 14.9. The van der Waals surface area contributed by atoms with Gasteiger partial charge >= 0.3 is 0 Å². The van der Waals surface area contributed by atoms with E-state index in [1.54, 1.807) is 7.11 Å². The SMILES string of the molecule is COc1c(C)c2c(c(C)c1/C=C/CN)CCCC2. The van der Waals surface area contributed by atoms with E-state index in [-0.39, 0.29) is 0 Å². The van der Waals surface area contributed by atoms with E-state index >= 15 is 0 Å². The Balaban J connectivity index is 2.64. The van der Waals surface area contributed by atoms with Crippen LogP contribution < -0.4 is 10.5 Å². The third-order valence-corrected chi connectivity index (χ3v) is 3.99. The van der Waals surface area contributed by atoms with Crippen LogP contribution >= 0.6 is 0 Å². The summed E-state index contributed by atoms with van der Waals surface area (Å²) in [5, 5.41) is 0. The lowest BCUT2D eigenvalue weighted by Gasteiger charge is -2.25. The molecule has 2 N–H and O–H groups in total. The number of hydrogen-bond acceptors (Lipinski definition) is 2. The second kappa shape index (κ2) is 5.57. The maximum Gasteiger partial charge on any atom is 0.129 e. The van der Waals surface area contributed by atoms with E-state index in [4.69, 9.17) is 10.5 Å². The number of ether oxygens (including phenoxy) is 1. The molecule has 18 heavy (non-hydrogen) atoms. The van der Waals surface area contributed by atoms with Crippen LogP contribution in [-0.4, -0.2) is 13.7 Å². The molecule has 1 aromatic carbocycles. The van der Waals surface area contributed by atoms with Crippen LogP contribution in [0, 0.1) is 13.8 Å². The van der Waals surface area contributed by atoms with E-state index in [2.05, 4.69) is 19.9 Å². The summed E-state index contributed by atoms with van der Waals surface area (Å²) < 4.78 is 5.63. The molecule has 2 heteroatoms. The fourth-order valence-corrected chi connectivity index (χ4v) is 3.05. The fraction of sp³-hybridized carbons (Fsp3) is 0.500. The monoisotopic (exact) mass is 245 g/mol. The second-order valence-electron chi connectivity index (χ2n) is 5.00. The molecular weight excluding hydrogens is 222 g/mol. The van der Waals surface area contributed by atoms with Crippen LogP contribution in [0.3, 0.4) is 0 Å². The molecule has 1 aliphatic carbocycles. The van der Waals surface area contributed by atoms with Gasteiger partial charge in [0.1, 0.15) is 5.75 Å². The molecule has 0 radical (unpaired) electrons. The second-order valence-corrected chi connectivity index (χ2v) is 5.00. The Labute approximate surface area is 110 Å². The minimum Gasteiger partial charge on any atom is -0.496 e. The van der Waals surface area contributed by atoms with E-state index in [0.717, 1.165) is 5.75 Å². The predicted molar refractivity (Wildman–Crippen MR) is 77.2 cm³/mol. The highest BCUT2D eigenvalue weighted by molar-refractivity contribution is 5.68. The summed E-state index contributed by atoms with van der Waals surface area (Å²) in [5.41, 5.74) is 12.5. The van der Waals surface area contributed by atoms with Crippen LogP contribution in [0.4, 0.5) is 0 Å². The Morgan fingerprint density at radius 1 is 1.11 bits per heavy atom. The number of rotatable bonds is 3. The molecule has 1 aromatic rings. The van der Waals surface area contributed by atoms with E-state index in [1.807, 2.05) is 6.08 Å². The molecule has 2 rings (SSSR count). The highest BCUT2D eigenvalue weighted by Gasteiger charge is 2.20. The highest BCUT2D eigenvalue weighted by atomic mass is 16.5. The third kappa shape index (κ3) is 2.17. The molecule has 1 aliphatic rings. The van der Waals surface area contributed by atoms with Crippen molar-refractivity contribution >= 4 is 6.08 Å². The molecule has 0 bridgehead atoms. The minimum atomic E-state index is 0.568. The van der Waals surface area contributed by atoms with Crippen molar-refractivity contribution in [3.8, 4) is 5.75 Å². The molecule has 0 spiro atoms. The molecule has 0 fully saturated rings. The average Bonchev–Trinajstić information content (AvgIpc) is 2.41. The van der Waals surface area contributed by atoms with Crippen LogP contribution in [0.25, 0.3) is 6.08 Å². The Morgan fingerprint density at radius 2 is 1.72 bits per heavy atom. The van der Waals surface area contributed by atoms with Crippen LogP contribution in [-0.2, 0) is 12.8 Å². The van der Waals surface area contributed by atoms with Gasteiger partial charge in [-0.25, -0.2) is 0 Å². The molecular formula is C16H23NO. The summed E-state index contributed by atoms with van der Waals surface area (Å²) in [6.07, 6.45) is 9.11. The fourth-order valence-electron chi connectivity index (χ4n) is 3.05. The maximum atomic E-state index is 5.63. The van der Waals surface area contributed by atoms with Gasteiger partial charge in [-0.15, -0.1) is 0 Å². The van der Waals surface area contributed by atoms with Gasteiger partial charge in [-0.1, -0.05) is 12.2 Å². The lowest BCUT2D eigenvalue weighted by atomic mass is 9.83. The Bertz CT molecular complexity index is 475. The molecule has 2 nitrogen and oxygen atoms in total. The largest absolute Gasteiger partial charge is 0.496 e. The molecule has 0 atom stereocenters. The Kier molecular flexibility index (Phi) is 4.07. The summed E-state index contributed by atoms with van der Waals surface area (Å²) in [7, 11) is 1.76. The molecule has 0 saturated heterocycles. The van der Waals surface area contributed by atoms with Crippen LogP contribution in [0.15, 0.2) is 6.08 Å². The van der Waals surface area contributed by atoms with Gasteiger partial charge in [0.2, 0.25) is 0 Å². The maximum absolute atomic E-state index is 5.63. The van der Waals surface area contributed by atoms with Crippen molar-refractivity contribution in [3.05, 3.63) is 33.9 Å². The topological polar surface area (TPSA) is 35.2 Å². The van der Waals surface area contributed by atoms with Crippen LogP contribution in [0.5, 0.6) is 5.75 Å². The van der Waals surface area contributed by atoms with Crippen molar-refractivity contribution in [1.82, 2.24) is 0 Å². The van der Waals surface area contributed by atoms with Crippen molar-refractivity contribution in [1.29, 1.82) is 0 Å². The number of nitrogens with two attached hydrogens (primary N) is 1. The van der Waals surface area contributed by atoms with Crippen LogP contribution in [0.1, 0.15) is 40.7 Å². The zero-order valence-electron chi connectivity index (χ0n) is 11.7. The van der Waals surface area contributed by atoms with Gasteiger partial charge in [-0.2, -0.15) is 0 Å². The highest BCUT2D eigenvalue weighted by Crippen LogP contribution is 2.37. The van der Waals surface area contributed by atoms with Crippen molar-refractivity contribution in [2.45, 2.75) is 39.5 Å². The van der Waals surface area contributed by atoms with Crippen molar-refractivity contribution < 1.29 is 4.74 Å². The lowest BCUT2D eigenvalue weighted by molar-refractivity contribution is 0.408. The smallest absolute Gasteiger partial charge is 0.129 e. The average molecular weight is 245 g/mol. The van der Waals surface area contributed by atoms with E-state index in [0.29, 0.717) is 6.54 Å². The number of hydrogen-bond donors (Lipinski definition) is 1. The molecule has 0 heterocycles. The third-order valence-electron chi connectivity index (χ3n) is 3.99. The molecule has 0 aromatic heterocycles. The summed E-state index contributed by atoms with van der Waals surface area (Å²) in [4.78, 5) is 0. The van der Waals surface area contributed by atoms with Crippen molar-refractivity contribution in [2.24, 2.45) is 5.73 Å². The first kappa shape index (κ1) is 13.2. The van der Waals surface area contributed by atoms with Gasteiger partial charge in [-0.3, -0.25) is 0 Å². The summed E-state index contributed by atoms with van der Waals surface area (Å²) in [6, 6.07) is 0. The first-order valence-electron chi connectivity index (χ1n) is 6.76. The standard InChI is InChI=1S/C16H23NO/c1-11-13-7-4-5-8-14(13)12(2)16(18-3)15(11)9-6-10-17/h6,9H,4-5,7-8,10,17H2,1-3H3/b9-6+. The van der Waals surface area contributed by atoms with E-state index in [9.17, 15) is 0 Å². The number of benzene rings is 1. The summed E-state index contributed by atoms with van der Waals surface area (Å²) in [5.74, 6) is 1.03. The zero-order valence-corrected chi connectivity index (χ0v) is 11.7.